The highest BCUT2D eigenvalue weighted by atomic mass is 19.4. The van der Waals surface area contributed by atoms with E-state index in [4.69, 9.17) is 0 Å². The molecule has 0 N–H and O–H groups in total. The summed E-state index contributed by atoms with van der Waals surface area (Å²) in [5.41, 5.74) is -4.13. The van der Waals surface area contributed by atoms with Gasteiger partial charge in [0.2, 0.25) is 0 Å². The Morgan fingerprint density at radius 2 is 0.463 bits per heavy atom. The molecule has 9 aromatic carbocycles. The number of rotatable bonds is 0. The molecule has 0 bridgehead atoms. The van der Waals surface area contributed by atoms with Crippen molar-refractivity contribution in [3.05, 3.63) is 131 Å². The van der Waals surface area contributed by atoms with Gasteiger partial charge in [-0.15, -0.1) is 0 Å². The highest BCUT2D eigenvalue weighted by Crippen LogP contribution is 2.50. The van der Waals surface area contributed by atoms with Gasteiger partial charge in [0.25, 0.3) is 0 Å². The fourth-order valence-electron chi connectivity index (χ4n) is 7.91. The average molecular weight is 751 g/mol. The molecule has 0 aliphatic carbocycles. The molecule has 0 heterocycles. The Labute approximate surface area is 294 Å². The van der Waals surface area contributed by atoms with Crippen molar-refractivity contribution in [2.75, 3.05) is 0 Å². The molecule has 9 rings (SSSR count). The smallest absolute Gasteiger partial charge is 0.166 e. The molecule has 0 saturated heterocycles. The maximum Gasteiger partial charge on any atom is 0.416 e. The fourth-order valence-corrected chi connectivity index (χ4v) is 7.91. The molecule has 0 radical (unpaired) electrons. The van der Waals surface area contributed by atoms with Crippen molar-refractivity contribution < 1.29 is 52.7 Å². The number of hydrogen-bond donors (Lipinski definition) is 0. The molecule has 0 nitrogen and oxygen atoms in total. The predicted molar refractivity (Wildman–Crippen MR) is 186 cm³/mol. The van der Waals surface area contributed by atoms with Crippen molar-refractivity contribution >= 4 is 86.2 Å². The molecule has 0 amide bonds. The normalized spacial score (nSPS) is 13.6. The van der Waals surface area contributed by atoms with Gasteiger partial charge in [0.15, 0.2) is 0 Å². The van der Waals surface area contributed by atoms with Gasteiger partial charge < -0.3 is 0 Å². The van der Waals surface area contributed by atoms with Crippen LogP contribution in [0.3, 0.4) is 0 Å². The van der Waals surface area contributed by atoms with E-state index in [2.05, 4.69) is 0 Å². The number of alkyl halides is 12. The summed E-state index contributed by atoms with van der Waals surface area (Å²) in [6, 6.07) is 20.8. The van der Waals surface area contributed by atoms with Gasteiger partial charge in [-0.1, -0.05) is 60.7 Å². The lowest BCUT2D eigenvalue weighted by Gasteiger charge is -2.20. The van der Waals surface area contributed by atoms with Gasteiger partial charge >= 0.3 is 24.7 Å². The van der Waals surface area contributed by atoms with E-state index >= 15 is 0 Å². The molecule has 0 atom stereocenters. The minimum Gasteiger partial charge on any atom is -0.166 e. The summed E-state index contributed by atoms with van der Waals surface area (Å²) in [4.78, 5) is 0. The van der Waals surface area contributed by atoms with Crippen LogP contribution in [-0.2, 0) is 24.7 Å². The summed E-state index contributed by atoms with van der Waals surface area (Å²) in [5.74, 6) is 0. The predicted octanol–water partition coefficient (Wildman–Crippen LogP) is 15.0. The Kier molecular flexibility index (Phi) is 6.86. The quantitative estimate of drug-likeness (QED) is 0.107. The molecular formula is C42H18F12. The van der Waals surface area contributed by atoms with E-state index in [1.54, 1.807) is 12.1 Å². The van der Waals surface area contributed by atoms with Crippen molar-refractivity contribution in [3.8, 4) is 0 Å². The Hall–Kier alpha value is -5.78. The summed E-state index contributed by atoms with van der Waals surface area (Å²) in [6.07, 6.45) is -19.2. The Morgan fingerprint density at radius 3 is 0.796 bits per heavy atom. The van der Waals surface area contributed by atoms with Crippen LogP contribution in [0.5, 0.6) is 0 Å². The highest BCUT2D eigenvalue weighted by Gasteiger charge is 2.34. The third-order valence-corrected chi connectivity index (χ3v) is 10.3. The second-order valence-corrected chi connectivity index (χ2v) is 13.3. The standard InChI is InChI=1S/C42H18F12/c43-39(44,45)21-5-1-19-3-9-27-25-11-7-23(41(49,50)51)17-33(25)29-13-14-30-34-18-24(42(52,53)54)8-12-26(34)28-10-4-20-2-6-22(40(46,47)48)16-32(20)36(28)38(30)37(29)35(27)31(19)15-21/h1-18H. The molecule has 54 heavy (non-hydrogen) atoms. The minimum absolute atomic E-state index is 0.0362. The van der Waals surface area contributed by atoms with Crippen LogP contribution in [0.2, 0.25) is 0 Å². The van der Waals surface area contributed by atoms with E-state index < -0.39 is 47.0 Å². The molecule has 9 aromatic rings. The molecule has 0 spiro atoms. The molecule has 0 saturated carbocycles. The number of benzene rings is 9. The van der Waals surface area contributed by atoms with Crippen LogP contribution in [0, 0.1) is 0 Å². The van der Waals surface area contributed by atoms with Crippen molar-refractivity contribution in [1.29, 1.82) is 0 Å². The molecule has 12 heteroatoms. The van der Waals surface area contributed by atoms with E-state index in [0.717, 1.165) is 48.5 Å². The zero-order valence-corrected chi connectivity index (χ0v) is 26.9. The summed E-state index contributed by atoms with van der Waals surface area (Å²) in [6.45, 7) is 0. The van der Waals surface area contributed by atoms with Gasteiger partial charge in [0.1, 0.15) is 0 Å². The van der Waals surface area contributed by atoms with E-state index in [9.17, 15) is 52.7 Å². The van der Waals surface area contributed by atoms with Crippen molar-refractivity contribution in [3.63, 3.8) is 0 Å². The zero-order chi connectivity index (χ0) is 38.3. The first-order valence-electron chi connectivity index (χ1n) is 16.2. The first kappa shape index (κ1) is 34.0. The number of halogens is 12. The molecule has 0 aromatic heterocycles. The maximum atomic E-state index is 14.2. The van der Waals surface area contributed by atoms with E-state index in [1.165, 1.54) is 48.5 Å². The van der Waals surface area contributed by atoms with E-state index in [-0.39, 0.29) is 75.4 Å². The lowest BCUT2D eigenvalue weighted by atomic mass is 9.83. The lowest BCUT2D eigenvalue weighted by molar-refractivity contribution is -0.138. The molecular weight excluding hydrogens is 732 g/mol. The SMILES string of the molecule is FC(F)(F)c1ccc2c(c1)c1ccc3c4cc(C(F)(F)F)ccc4c4ccc5ccc(C(F)(F)F)cc5c4c3c1c1c3cc(C(F)(F)F)ccc3ccc21. The fraction of sp³-hybridized carbons (Fsp3) is 0.0952. The maximum absolute atomic E-state index is 14.2. The largest absolute Gasteiger partial charge is 0.416 e. The van der Waals surface area contributed by atoms with Gasteiger partial charge in [0.05, 0.1) is 22.3 Å². The summed E-state index contributed by atoms with van der Waals surface area (Å²) in [5, 5.41) is 2.40. The van der Waals surface area contributed by atoms with E-state index in [0.29, 0.717) is 10.8 Å². The number of fused-ring (bicyclic) bond motifs is 17. The van der Waals surface area contributed by atoms with Crippen LogP contribution in [0.25, 0.3) is 86.2 Å². The third kappa shape index (κ3) is 5.02. The van der Waals surface area contributed by atoms with Crippen LogP contribution in [0.15, 0.2) is 109 Å². The summed E-state index contributed by atoms with van der Waals surface area (Å²) >= 11 is 0. The van der Waals surface area contributed by atoms with Crippen LogP contribution in [0.4, 0.5) is 52.7 Å². The minimum atomic E-state index is -4.81. The molecule has 0 unspecified atom stereocenters. The van der Waals surface area contributed by atoms with Gasteiger partial charge in [-0.2, -0.15) is 52.7 Å². The lowest BCUT2D eigenvalue weighted by Crippen LogP contribution is -2.05. The highest BCUT2D eigenvalue weighted by molar-refractivity contribution is 6.44. The van der Waals surface area contributed by atoms with E-state index in [1.807, 2.05) is 0 Å². The van der Waals surface area contributed by atoms with Crippen LogP contribution in [0.1, 0.15) is 22.3 Å². The topological polar surface area (TPSA) is 0 Å². The van der Waals surface area contributed by atoms with Crippen LogP contribution in [-0.4, -0.2) is 0 Å². The second-order valence-electron chi connectivity index (χ2n) is 13.3. The monoisotopic (exact) mass is 750 g/mol. The molecule has 0 fully saturated rings. The third-order valence-electron chi connectivity index (χ3n) is 10.3. The van der Waals surface area contributed by atoms with Gasteiger partial charge in [0, 0.05) is 0 Å². The zero-order valence-electron chi connectivity index (χ0n) is 26.9. The summed E-state index contributed by atoms with van der Waals surface area (Å²) in [7, 11) is 0. The van der Waals surface area contributed by atoms with Gasteiger partial charge in [-0.25, -0.2) is 0 Å². The molecule has 0 aliphatic rings. The molecule has 270 valence electrons. The van der Waals surface area contributed by atoms with Crippen molar-refractivity contribution in [1.82, 2.24) is 0 Å². The van der Waals surface area contributed by atoms with Gasteiger partial charge in [-0.05, 0) is 135 Å². The van der Waals surface area contributed by atoms with Crippen LogP contribution < -0.4 is 0 Å². The Morgan fingerprint density at radius 1 is 0.222 bits per heavy atom. The Balaban J connectivity index is 1.67. The second kappa shape index (κ2) is 10.9. The average Bonchev–Trinajstić information content (AvgIpc) is 3.11. The first-order chi connectivity index (χ1) is 25.3. The van der Waals surface area contributed by atoms with Gasteiger partial charge in [-0.3, -0.25) is 0 Å². The van der Waals surface area contributed by atoms with Crippen LogP contribution >= 0.6 is 0 Å². The first-order valence-corrected chi connectivity index (χ1v) is 16.2. The van der Waals surface area contributed by atoms with Crippen molar-refractivity contribution in [2.45, 2.75) is 24.7 Å². The Bertz CT molecular complexity index is 2880. The number of hydrogen-bond acceptors (Lipinski definition) is 0. The van der Waals surface area contributed by atoms with Crippen molar-refractivity contribution in [2.24, 2.45) is 0 Å². The molecule has 0 aliphatic heterocycles. The summed E-state index contributed by atoms with van der Waals surface area (Å²) < 4.78 is 170.